The Morgan fingerprint density at radius 1 is 0.329 bits per heavy atom. The van der Waals surface area contributed by atoms with Crippen molar-refractivity contribution in [2.24, 2.45) is 5.41 Å². The van der Waals surface area contributed by atoms with Crippen LogP contribution in [0.15, 0.2) is 48.6 Å². The second-order valence-electron chi connectivity index (χ2n) is 17.2. The van der Waals surface area contributed by atoms with Crippen LogP contribution in [0.5, 0.6) is 0 Å². The van der Waals surface area contributed by atoms with Gasteiger partial charge in [0.15, 0.2) is 0 Å². The molecule has 4 heterocycles. The van der Waals surface area contributed by atoms with Gasteiger partial charge < -0.3 is 59.2 Å². The number of hydrogen-bond acceptors (Lipinski definition) is 20. The molecule has 0 unspecified atom stereocenters. The van der Waals surface area contributed by atoms with Crippen LogP contribution in [-0.2, 0) is 90.6 Å². The van der Waals surface area contributed by atoms with Crippen molar-refractivity contribution in [2.75, 3.05) is 165 Å². The van der Waals surface area contributed by atoms with Crippen LogP contribution in [-0.4, -0.2) is 249 Å². The maximum absolute atomic E-state index is 12.3. The Hall–Kier alpha value is -6.43. The van der Waals surface area contributed by atoms with E-state index in [-0.39, 0.29) is 187 Å². The molecule has 0 aliphatic carbocycles. The molecule has 76 heavy (non-hydrogen) atoms. The third-order valence-corrected chi connectivity index (χ3v) is 11.3. The zero-order valence-electron chi connectivity index (χ0n) is 42.7. The number of nitrogens with one attached hydrogen (secondary N) is 4. The molecule has 0 saturated carbocycles. The average Bonchev–Trinajstić information content (AvgIpc) is 4.12. The topological polar surface area (TPSA) is 323 Å². The van der Waals surface area contributed by atoms with E-state index in [1.54, 1.807) is 0 Å². The quantitative estimate of drug-likeness (QED) is 0.0337. The summed E-state index contributed by atoms with van der Waals surface area (Å²) in [5, 5.41) is 11.3. The van der Waals surface area contributed by atoms with Gasteiger partial charge >= 0.3 is 0 Å². The molecule has 4 aliphatic rings. The minimum Gasteiger partial charge on any atom is -0.378 e. The molecule has 0 bridgehead atoms. The highest BCUT2D eigenvalue weighted by molar-refractivity contribution is 6.14. The van der Waals surface area contributed by atoms with Crippen molar-refractivity contribution in [3.63, 3.8) is 0 Å². The maximum atomic E-state index is 12.3. The largest absolute Gasteiger partial charge is 0.378 e. The highest BCUT2D eigenvalue weighted by atomic mass is 16.6. The van der Waals surface area contributed by atoms with Gasteiger partial charge in [-0.25, -0.2) is 0 Å². The van der Waals surface area contributed by atoms with E-state index in [0.29, 0.717) is 32.7 Å². The minimum absolute atomic E-state index is 0.0357. The van der Waals surface area contributed by atoms with Crippen LogP contribution in [0.1, 0.15) is 25.7 Å². The van der Waals surface area contributed by atoms with Crippen molar-refractivity contribution in [3.8, 4) is 0 Å². The Kier molecular flexibility index (Phi) is 29.2. The maximum Gasteiger partial charge on any atom is 0.253 e. The summed E-state index contributed by atoms with van der Waals surface area (Å²) in [5.41, 5.74) is -0.889. The van der Waals surface area contributed by atoms with Crippen molar-refractivity contribution < 1.29 is 90.6 Å². The first-order valence-electron chi connectivity index (χ1n) is 25.1. The third-order valence-electron chi connectivity index (χ3n) is 11.3. The van der Waals surface area contributed by atoms with Crippen LogP contribution in [0.25, 0.3) is 0 Å². The lowest BCUT2D eigenvalue weighted by atomic mass is 9.92. The Bertz CT molecular complexity index is 1860. The standard InChI is InChI=1S/C49H70N8O19/c58-38(10-19-55-43(63)4-5-44(55)64)51-15-23-70-27-31-74-35-49(34-73-30-26-69-22-14-50-13-1-18-54-41(61)2-3-42(54)62,36-75-32-28-71-24-16-52-39(59)11-20-56-45(65)6-7-46(56)66)37-76-33-29-72-25-17-53-40(60)12-21-57-47(67)8-9-48(57)68/h2-9,50H,1,10-37H2,(H,51,58)(H,52,59)(H,53,60). The molecular weight excluding hydrogens is 1000 g/mol. The van der Waals surface area contributed by atoms with Crippen molar-refractivity contribution >= 4 is 65.0 Å². The van der Waals surface area contributed by atoms with Crippen LogP contribution in [0.3, 0.4) is 0 Å². The lowest BCUT2D eigenvalue weighted by Crippen LogP contribution is -2.43. The summed E-state index contributed by atoms with van der Waals surface area (Å²) >= 11 is 0. The molecule has 420 valence electrons. The van der Waals surface area contributed by atoms with Gasteiger partial charge in [0.1, 0.15) is 0 Å². The Morgan fingerprint density at radius 2 is 0.579 bits per heavy atom. The molecule has 27 nitrogen and oxygen atoms in total. The van der Waals surface area contributed by atoms with Gasteiger partial charge in [-0.15, -0.1) is 0 Å². The number of amides is 11. The van der Waals surface area contributed by atoms with E-state index < -0.39 is 40.9 Å². The lowest BCUT2D eigenvalue weighted by molar-refractivity contribution is -0.139. The molecule has 0 aromatic heterocycles. The number of hydrogen-bond donors (Lipinski definition) is 4. The van der Waals surface area contributed by atoms with Crippen LogP contribution < -0.4 is 21.3 Å². The Balaban J connectivity index is 1.21. The second-order valence-corrected chi connectivity index (χ2v) is 17.2. The highest BCUT2D eigenvalue weighted by Crippen LogP contribution is 2.21. The predicted molar refractivity (Wildman–Crippen MR) is 263 cm³/mol. The molecule has 0 aromatic carbocycles. The molecule has 27 heteroatoms. The van der Waals surface area contributed by atoms with E-state index in [1.807, 2.05) is 0 Å². The van der Waals surface area contributed by atoms with E-state index in [1.165, 1.54) is 17.1 Å². The van der Waals surface area contributed by atoms with E-state index in [0.717, 1.165) is 51.2 Å². The molecule has 0 atom stereocenters. The summed E-state index contributed by atoms with van der Waals surface area (Å²) in [6.45, 7) is 4.46. The number of nitrogens with zero attached hydrogens (tertiary/aromatic N) is 4. The molecular formula is C49H70N8O19. The first-order valence-corrected chi connectivity index (χ1v) is 25.1. The van der Waals surface area contributed by atoms with Gasteiger partial charge in [0.05, 0.1) is 111 Å². The van der Waals surface area contributed by atoms with E-state index in [9.17, 15) is 52.7 Å². The third kappa shape index (κ3) is 24.1. The summed E-state index contributed by atoms with van der Waals surface area (Å²) in [6, 6.07) is 0. The molecule has 11 amide bonds. The number of carbonyl (C=O) groups is 11. The van der Waals surface area contributed by atoms with E-state index in [4.69, 9.17) is 37.9 Å². The van der Waals surface area contributed by atoms with Gasteiger partial charge in [0.2, 0.25) is 17.7 Å². The Labute approximate surface area is 439 Å². The fraction of sp³-hybridized carbons (Fsp3) is 0.612. The minimum atomic E-state index is -0.889. The van der Waals surface area contributed by atoms with Crippen LogP contribution >= 0.6 is 0 Å². The molecule has 0 saturated heterocycles. The average molecular weight is 1080 g/mol. The van der Waals surface area contributed by atoms with E-state index in [2.05, 4.69) is 21.3 Å². The Morgan fingerprint density at radius 3 is 0.868 bits per heavy atom. The van der Waals surface area contributed by atoms with Crippen molar-refractivity contribution in [2.45, 2.75) is 25.7 Å². The van der Waals surface area contributed by atoms with Gasteiger partial charge in [-0.2, -0.15) is 0 Å². The van der Waals surface area contributed by atoms with Crippen LogP contribution in [0, 0.1) is 5.41 Å². The molecule has 0 spiro atoms. The van der Waals surface area contributed by atoms with Crippen molar-refractivity contribution in [3.05, 3.63) is 48.6 Å². The van der Waals surface area contributed by atoms with Gasteiger partial charge in [-0.1, -0.05) is 0 Å². The number of carbonyl (C=O) groups excluding carboxylic acids is 11. The van der Waals surface area contributed by atoms with Gasteiger partial charge in [-0.3, -0.25) is 72.3 Å². The summed E-state index contributed by atoms with van der Waals surface area (Å²) in [5.74, 6) is -4.48. The van der Waals surface area contributed by atoms with Crippen molar-refractivity contribution in [1.29, 1.82) is 0 Å². The van der Waals surface area contributed by atoms with Crippen molar-refractivity contribution in [1.82, 2.24) is 40.9 Å². The molecule has 0 radical (unpaired) electrons. The molecule has 0 aromatic rings. The summed E-state index contributed by atoms with van der Waals surface area (Å²) in [4.78, 5) is 135. The zero-order chi connectivity index (χ0) is 54.8. The zero-order valence-corrected chi connectivity index (χ0v) is 42.7. The summed E-state index contributed by atoms with van der Waals surface area (Å²) in [6.07, 6.45) is 9.85. The first kappa shape index (κ1) is 62.1. The van der Waals surface area contributed by atoms with Crippen LogP contribution in [0.4, 0.5) is 0 Å². The SMILES string of the molecule is O=C(CCN1C(=O)C=CC1=O)NCCOCCOCC(COCCOCCNCCCN1C(=O)C=CC1=O)(COCCOCCNC(=O)CCN1C(=O)C=CC1=O)COCCOCCNC(=O)CCN1C(=O)C=CC1=O. The second kappa shape index (κ2) is 35.8. The van der Waals surface area contributed by atoms with Gasteiger partial charge in [0.25, 0.3) is 47.3 Å². The van der Waals surface area contributed by atoms with Crippen LogP contribution in [0.2, 0.25) is 0 Å². The number of imide groups is 4. The first-order chi connectivity index (χ1) is 36.8. The number of rotatable bonds is 45. The highest BCUT2D eigenvalue weighted by Gasteiger charge is 2.33. The summed E-state index contributed by atoms with van der Waals surface area (Å²) in [7, 11) is 0. The number of ether oxygens (including phenoxy) is 8. The monoisotopic (exact) mass is 1070 g/mol. The smallest absolute Gasteiger partial charge is 0.253 e. The van der Waals surface area contributed by atoms with E-state index >= 15 is 0 Å². The molecule has 0 fully saturated rings. The summed E-state index contributed by atoms with van der Waals surface area (Å²) < 4.78 is 47.1. The lowest BCUT2D eigenvalue weighted by Gasteiger charge is -2.33. The fourth-order valence-electron chi connectivity index (χ4n) is 7.21. The fourth-order valence-corrected chi connectivity index (χ4v) is 7.21. The van der Waals surface area contributed by atoms with Gasteiger partial charge in [0, 0.05) is 120 Å². The van der Waals surface area contributed by atoms with Gasteiger partial charge in [-0.05, 0) is 13.0 Å². The molecule has 4 aliphatic heterocycles. The normalized spacial score (nSPS) is 15.3. The molecule has 4 N–H and O–H groups in total. The molecule has 4 rings (SSSR count). The predicted octanol–water partition coefficient (Wildman–Crippen LogP) is -3.70.